The molecule has 3 rings (SSSR count). The van der Waals surface area contributed by atoms with Crippen LogP contribution in [-0.4, -0.2) is 35.3 Å². The smallest absolute Gasteiger partial charge is 0.339 e. The molecule has 1 unspecified atom stereocenters. The summed E-state index contributed by atoms with van der Waals surface area (Å²) in [7, 11) is 0. The van der Waals surface area contributed by atoms with E-state index in [0.717, 1.165) is 17.0 Å². The highest BCUT2D eigenvalue weighted by Gasteiger charge is 2.34. The average Bonchev–Trinajstić information content (AvgIpc) is 2.83. The summed E-state index contributed by atoms with van der Waals surface area (Å²) in [5.41, 5.74) is -0.0675. The maximum absolute atomic E-state index is 13.3. The van der Waals surface area contributed by atoms with Crippen LogP contribution in [0, 0.1) is 11.6 Å². The number of hydrogen-bond acceptors (Lipinski definition) is 4. The quantitative estimate of drug-likeness (QED) is 0.570. The van der Waals surface area contributed by atoms with E-state index in [-0.39, 0.29) is 24.1 Å². The molecule has 2 aromatic carbocycles. The number of likely N-dealkylation sites (tertiary alicyclic amines) is 1. The van der Waals surface area contributed by atoms with Gasteiger partial charge in [-0.2, -0.15) is 0 Å². The molecule has 1 atom stereocenters. The maximum atomic E-state index is 13.3. The molecule has 0 radical (unpaired) electrons. The maximum Gasteiger partial charge on any atom is 0.339 e. The molecule has 8 heteroatoms. The van der Waals surface area contributed by atoms with Crippen molar-refractivity contribution in [2.45, 2.75) is 25.4 Å². The first kappa shape index (κ1) is 19.9. The zero-order valence-electron chi connectivity index (χ0n) is 14.7. The Morgan fingerprint density at radius 1 is 1.00 bits per heavy atom. The topological polar surface area (TPSA) is 63.7 Å². The summed E-state index contributed by atoms with van der Waals surface area (Å²) in [6.45, 7) is 0.183. The van der Waals surface area contributed by atoms with Crippen LogP contribution in [0.15, 0.2) is 42.5 Å². The number of nitrogens with zero attached hydrogens (tertiary/aromatic N) is 1. The minimum atomic E-state index is -1.21. The molecule has 1 saturated heterocycles. The Kier molecular flexibility index (Phi) is 6.04. The van der Waals surface area contributed by atoms with Crippen LogP contribution in [-0.2, 0) is 9.53 Å². The predicted molar refractivity (Wildman–Crippen MR) is 96.9 cm³/mol. The fraction of sp³-hybridized carbons (Fsp3) is 0.250. The molecule has 1 aliphatic heterocycles. The van der Waals surface area contributed by atoms with Gasteiger partial charge in [-0.05, 0) is 55.7 Å². The molecule has 0 aromatic heterocycles. The number of rotatable bonds is 3. The van der Waals surface area contributed by atoms with Crippen LogP contribution in [0.3, 0.4) is 0 Å². The van der Waals surface area contributed by atoms with Gasteiger partial charge in [0.2, 0.25) is 0 Å². The first-order valence-corrected chi connectivity index (χ1v) is 9.01. The van der Waals surface area contributed by atoms with Crippen molar-refractivity contribution in [2.24, 2.45) is 0 Å². The summed E-state index contributed by atoms with van der Waals surface area (Å²) in [4.78, 5) is 38.7. The number of benzene rings is 2. The van der Waals surface area contributed by atoms with Gasteiger partial charge in [0.25, 0.3) is 11.8 Å². The lowest BCUT2D eigenvalue weighted by atomic mass is 10.1. The average molecular weight is 408 g/mol. The molecule has 2 aromatic rings. The monoisotopic (exact) mass is 407 g/mol. The standard InChI is InChI=1S/C20H16ClF2NO4/c21-14-6-4-12(5-7-14)18(25)24-8-2-1-3-17(19(24)26)28-20(27)13-9-15(22)11-16(23)10-13/h4-7,9-11,17H,1-3,8H2. The number of carbonyl (C=O) groups is 3. The van der Waals surface area contributed by atoms with E-state index in [0.29, 0.717) is 23.9 Å². The highest BCUT2D eigenvalue weighted by Crippen LogP contribution is 2.20. The van der Waals surface area contributed by atoms with Crippen LogP contribution in [0.4, 0.5) is 8.78 Å². The Labute approximate surface area is 164 Å². The van der Waals surface area contributed by atoms with Gasteiger partial charge in [-0.3, -0.25) is 14.5 Å². The summed E-state index contributed by atoms with van der Waals surface area (Å²) < 4.78 is 31.8. The van der Waals surface area contributed by atoms with Crippen LogP contribution >= 0.6 is 11.6 Å². The van der Waals surface area contributed by atoms with Gasteiger partial charge in [0.05, 0.1) is 5.56 Å². The van der Waals surface area contributed by atoms with Gasteiger partial charge in [0.1, 0.15) is 11.6 Å². The van der Waals surface area contributed by atoms with Crippen LogP contribution in [0.1, 0.15) is 40.0 Å². The van der Waals surface area contributed by atoms with Gasteiger partial charge in [-0.1, -0.05) is 11.6 Å². The molecule has 0 aliphatic carbocycles. The van der Waals surface area contributed by atoms with Crippen LogP contribution in [0.25, 0.3) is 0 Å². The minimum absolute atomic E-state index is 0.183. The van der Waals surface area contributed by atoms with E-state index in [1.807, 2.05) is 0 Å². The highest BCUT2D eigenvalue weighted by molar-refractivity contribution is 6.30. The van der Waals surface area contributed by atoms with Crippen molar-refractivity contribution in [3.8, 4) is 0 Å². The van der Waals surface area contributed by atoms with E-state index in [1.165, 1.54) is 24.3 Å². The second-order valence-corrected chi connectivity index (χ2v) is 6.79. The van der Waals surface area contributed by atoms with Gasteiger partial charge in [0, 0.05) is 23.2 Å². The number of halogens is 3. The lowest BCUT2D eigenvalue weighted by molar-refractivity contribution is -0.137. The molecule has 1 aliphatic rings. The van der Waals surface area contributed by atoms with Crippen LogP contribution in [0.5, 0.6) is 0 Å². The number of imide groups is 1. The van der Waals surface area contributed by atoms with Crippen molar-refractivity contribution >= 4 is 29.4 Å². The Hall–Kier alpha value is -2.80. The fourth-order valence-corrected chi connectivity index (χ4v) is 3.06. The van der Waals surface area contributed by atoms with Crippen LogP contribution in [0.2, 0.25) is 5.02 Å². The molecule has 0 N–H and O–H groups in total. The minimum Gasteiger partial charge on any atom is -0.449 e. The fourth-order valence-electron chi connectivity index (χ4n) is 2.94. The third kappa shape index (κ3) is 4.54. The molecule has 28 heavy (non-hydrogen) atoms. The van der Waals surface area contributed by atoms with Gasteiger partial charge in [-0.15, -0.1) is 0 Å². The van der Waals surface area contributed by atoms with Gasteiger partial charge in [0.15, 0.2) is 6.10 Å². The summed E-state index contributed by atoms with van der Waals surface area (Å²) in [6, 6.07) is 8.34. The number of hydrogen-bond donors (Lipinski definition) is 0. The van der Waals surface area contributed by atoms with Crippen molar-refractivity contribution in [3.05, 3.63) is 70.2 Å². The first-order valence-electron chi connectivity index (χ1n) is 8.63. The summed E-state index contributed by atoms with van der Waals surface area (Å²) in [6.07, 6.45) is 0.101. The summed E-state index contributed by atoms with van der Waals surface area (Å²) in [5, 5.41) is 0.452. The lowest BCUT2D eigenvalue weighted by Gasteiger charge is -2.22. The molecule has 0 saturated carbocycles. The Morgan fingerprint density at radius 2 is 1.64 bits per heavy atom. The van der Waals surface area contributed by atoms with Crippen molar-refractivity contribution in [2.75, 3.05) is 6.54 Å². The molecule has 2 amide bonds. The predicted octanol–water partition coefficient (Wildman–Crippen LogP) is 4.00. The molecule has 1 heterocycles. The molecule has 5 nitrogen and oxygen atoms in total. The van der Waals surface area contributed by atoms with E-state index in [1.54, 1.807) is 0 Å². The normalized spacial score (nSPS) is 17.2. The third-order valence-corrected chi connectivity index (χ3v) is 4.58. The Bertz CT molecular complexity index is 897. The van der Waals surface area contributed by atoms with Gasteiger partial charge < -0.3 is 4.74 Å². The summed E-state index contributed by atoms with van der Waals surface area (Å²) in [5.74, 6) is -4.08. The summed E-state index contributed by atoms with van der Waals surface area (Å²) >= 11 is 5.82. The molecule has 0 spiro atoms. The van der Waals surface area contributed by atoms with E-state index >= 15 is 0 Å². The van der Waals surface area contributed by atoms with Crippen molar-refractivity contribution in [3.63, 3.8) is 0 Å². The van der Waals surface area contributed by atoms with E-state index in [4.69, 9.17) is 16.3 Å². The number of amides is 2. The number of esters is 1. The van der Waals surface area contributed by atoms with E-state index in [9.17, 15) is 23.2 Å². The van der Waals surface area contributed by atoms with Crippen LogP contribution < -0.4 is 0 Å². The zero-order chi connectivity index (χ0) is 20.3. The molecular formula is C20H16ClF2NO4. The SMILES string of the molecule is O=C(OC1CCCCN(C(=O)c2ccc(Cl)cc2)C1=O)c1cc(F)cc(F)c1. The van der Waals surface area contributed by atoms with Crippen molar-refractivity contribution in [1.82, 2.24) is 4.90 Å². The van der Waals surface area contributed by atoms with E-state index in [2.05, 4.69) is 0 Å². The second kappa shape index (κ2) is 8.48. The zero-order valence-corrected chi connectivity index (χ0v) is 15.4. The largest absolute Gasteiger partial charge is 0.449 e. The highest BCUT2D eigenvalue weighted by atomic mass is 35.5. The molecule has 1 fully saturated rings. The molecule has 146 valence electrons. The van der Waals surface area contributed by atoms with Gasteiger partial charge in [-0.25, -0.2) is 13.6 Å². The Balaban J connectivity index is 1.77. The number of ether oxygens (including phenoxy) is 1. The third-order valence-electron chi connectivity index (χ3n) is 4.32. The molecule has 0 bridgehead atoms. The lowest BCUT2D eigenvalue weighted by Crippen LogP contribution is -2.43. The van der Waals surface area contributed by atoms with Gasteiger partial charge >= 0.3 is 5.97 Å². The molecular weight excluding hydrogens is 392 g/mol. The second-order valence-electron chi connectivity index (χ2n) is 6.35. The Morgan fingerprint density at radius 3 is 2.29 bits per heavy atom. The first-order chi connectivity index (χ1) is 13.3. The van der Waals surface area contributed by atoms with Crippen molar-refractivity contribution < 1.29 is 27.9 Å². The van der Waals surface area contributed by atoms with E-state index < -0.39 is 35.5 Å². The van der Waals surface area contributed by atoms with Crippen molar-refractivity contribution in [1.29, 1.82) is 0 Å². The number of carbonyl (C=O) groups excluding carboxylic acids is 3.